The van der Waals surface area contributed by atoms with Crippen molar-refractivity contribution < 1.29 is 31.5 Å². The number of rotatable bonds is 6. The molecule has 1 aliphatic carbocycles. The minimum absolute atomic E-state index is 0.200. The Labute approximate surface area is 172 Å². The van der Waals surface area contributed by atoms with E-state index in [0.717, 1.165) is 22.8 Å². The average molecular weight is 439 g/mol. The predicted octanol–water partition coefficient (Wildman–Crippen LogP) is 3.55. The van der Waals surface area contributed by atoms with Gasteiger partial charge in [-0.3, -0.25) is 4.79 Å². The van der Waals surface area contributed by atoms with Crippen molar-refractivity contribution in [3.8, 4) is 0 Å². The fourth-order valence-electron chi connectivity index (χ4n) is 3.43. The molecule has 0 fully saturated rings. The number of hydrogen-bond acceptors (Lipinski definition) is 4. The molecule has 2 N–H and O–H groups in total. The van der Waals surface area contributed by atoms with Gasteiger partial charge in [0.2, 0.25) is 10.0 Å². The van der Waals surface area contributed by atoms with Crippen molar-refractivity contribution >= 4 is 21.9 Å². The van der Waals surface area contributed by atoms with E-state index in [1.54, 1.807) is 18.2 Å². The monoisotopic (exact) mass is 439 g/mol. The highest BCUT2D eigenvalue weighted by atomic mass is 32.2. The molecule has 0 bridgehead atoms. The topological polar surface area (TPSA) is 83.5 Å². The molecule has 0 saturated carbocycles. The molecular formula is C21H20F3NO4S. The molecule has 0 saturated heterocycles. The van der Waals surface area contributed by atoms with Crippen molar-refractivity contribution in [3.63, 3.8) is 0 Å². The molecule has 2 aromatic rings. The maximum absolute atomic E-state index is 13.1. The maximum atomic E-state index is 13.1. The highest BCUT2D eigenvalue weighted by molar-refractivity contribution is 7.89. The Morgan fingerprint density at radius 3 is 2.63 bits per heavy atom. The zero-order valence-corrected chi connectivity index (χ0v) is 16.8. The summed E-state index contributed by atoms with van der Waals surface area (Å²) in [5.41, 5.74) is 1.55. The Morgan fingerprint density at radius 1 is 1.23 bits per heavy atom. The van der Waals surface area contributed by atoms with Crippen LogP contribution in [-0.2, 0) is 27.4 Å². The van der Waals surface area contributed by atoms with E-state index >= 15 is 0 Å². The Kier molecular flexibility index (Phi) is 6.16. The van der Waals surface area contributed by atoms with Crippen LogP contribution in [0.25, 0.3) is 6.08 Å². The van der Waals surface area contributed by atoms with Gasteiger partial charge < -0.3 is 5.11 Å². The van der Waals surface area contributed by atoms with Gasteiger partial charge in [-0.25, -0.2) is 13.1 Å². The SMILES string of the molecule is Cc1cc(C(F)(F)F)cc(S(=O)(=O)NC2CCc3cc(/C=C/C(=O)CO)ccc32)c1. The van der Waals surface area contributed by atoms with Crippen LogP contribution in [0.4, 0.5) is 13.2 Å². The van der Waals surface area contributed by atoms with Crippen molar-refractivity contribution in [2.24, 2.45) is 0 Å². The van der Waals surface area contributed by atoms with Crippen molar-refractivity contribution in [3.05, 3.63) is 70.3 Å². The summed E-state index contributed by atoms with van der Waals surface area (Å²) in [6.07, 6.45) is -0.777. The minimum Gasteiger partial charge on any atom is -0.388 e. The summed E-state index contributed by atoms with van der Waals surface area (Å²) in [4.78, 5) is 10.8. The van der Waals surface area contributed by atoms with Crippen LogP contribution in [0.3, 0.4) is 0 Å². The largest absolute Gasteiger partial charge is 0.416 e. The van der Waals surface area contributed by atoms with Crippen molar-refractivity contribution in [1.82, 2.24) is 4.72 Å². The number of benzene rings is 2. The third kappa shape index (κ3) is 4.97. The smallest absolute Gasteiger partial charge is 0.388 e. The molecule has 0 amide bonds. The molecule has 0 heterocycles. The lowest BCUT2D eigenvalue weighted by molar-refractivity contribution is -0.137. The van der Waals surface area contributed by atoms with Gasteiger partial charge in [-0.1, -0.05) is 24.3 Å². The lowest BCUT2D eigenvalue weighted by Crippen LogP contribution is -2.27. The number of hydrogen-bond donors (Lipinski definition) is 2. The van der Waals surface area contributed by atoms with E-state index in [9.17, 15) is 26.4 Å². The van der Waals surface area contributed by atoms with Crippen LogP contribution in [0.5, 0.6) is 0 Å². The number of nitrogens with one attached hydrogen (secondary N) is 1. The second kappa shape index (κ2) is 8.33. The van der Waals surface area contributed by atoms with E-state index in [1.165, 1.54) is 19.1 Å². The Morgan fingerprint density at radius 2 is 1.97 bits per heavy atom. The number of aryl methyl sites for hydroxylation is 2. The number of ketones is 1. The molecule has 0 radical (unpaired) electrons. The summed E-state index contributed by atoms with van der Waals surface area (Å²) in [6.45, 7) is 0.829. The zero-order chi connectivity index (χ0) is 22.1. The van der Waals surface area contributed by atoms with E-state index in [4.69, 9.17) is 5.11 Å². The molecule has 1 atom stereocenters. The molecule has 1 aliphatic rings. The van der Waals surface area contributed by atoms with Crippen molar-refractivity contribution in [2.45, 2.75) is 36.9 Å². The third-order valence-electron chi connectivity index (χ3n) is 4.85. The lowest BCUT2D eigenvalue weighted by Gasteiger charge is -2.16. The van der Waals surface area contributed by atoms with Gasteiger partial charge in [0, 0.05) is 6.04 Å². The number of carbonyl (C=O) groups excluding carboxylic acids is 1. The maximum Gasteiger partial charge on any atom is 0.416 e. The summed E-state index contributed by atoms with van der Waals surface area (Å²) >= 11 is 0. The summed E-state index contributed by atoms with van der Waals surface area (Å²) in [5, 5.41) is 8.75. The van der Waals surface area contributed by atoms with Gasteiger partial charge in [-0.05, 0) is 66.3 Å². The van der Waals surface area contributed by atoms with Crippen LogP contribution in [0, 0.1) is 6.92 Å². The Balaban J connectivity index is 1.84. The highest BCUT2D eigenvalue weighted by Gasteiger charge is 2.33. The molecule has 0 aromatic heterocycles. The van der Waals surface area contributed by atoms with Crippen LogP contribution >= 0.6 is 0 Å². The van der Waals surface area contributed by atoms with E-state index in [1.807, 2.05) is 6.07 Å². The molecule has 2 aromatic carbocycles. The van der Waals surface area contributed by atoms with Crippen LogP contribution < -0.4 is 4.72 Å². The van der Waals surface area contributed by atoms with Gasteiger partial charge in [0.1, 0.15) is 6.61 Å². The molecule has 30 heavy (non-hydrogen) atoms. The van der Waals surface area contributed by atoms with Gasteiger partial charge >= 0.3 is 6.18 Å². The van der Waals surface area contributed by atoms with Crippen LogP contribution in [0.2, 0.25) is 0 Å². The Hall–Kier alpha value is -2.49. The van der Waals surface area contributed by atoms with Crippen molar-refractivity contribution in [2.75, 3.05) is 6.61 Å². The summed E-state index contributed by atoms with van der Waals surface area (Å²) in [6, 6.07) is 7.45. The number of sulfonamides is 1. The summed E-state index contributed by atoms with van der Waals surface area (Å²) < 4.78 is 67.2. The van der Waals surface area contributed by atoms with Gasteiger partial charge in [-0.2, -0.15) is 13.2 Å². The minimum atomic E-state index is -4.64. The number of fused-ring (bicyclic) bond motifs is 1. The molecule has 160 valence electrons. The molecule has 0 aliphatic heterocycles. The molecule has 9 heteroatoms. The molecule has 3 rings (SSSR count). The van der Waals surface area contributed by atoms with Crippen LogP contribution in [-0.4, -0.2) is 25.9 Å². The van der Waals surface area contributed by atoms with Crippen LogP contribution in [0.15, 0.2) is 47.4 Å². The predicted molar refractivity (Wildman–Crippen MR) is 105 cm³/mol. The zero-order valence-electron chi connectivity index (χ0n) is 16.0. The highest BCUT2D eigenvalue weighted by Crippen LogP contribution is 2.35. The average Bonchev–Trinajstić information content (AvgIpc) is 3.06. The fraction of sp³-hybridized carbons (Fsp3) is 0.286. The first kappa shape index (κ1) is 22.2. The standard InChI is InChI=1S/C21H20F3NO4S/c1-13-8-16(21(22,23)24)11-18(9-13)30(28,29)25-20-7-4-15-10-14(3-6-19(15)20)2-5-17(27)12-26/h2-3,5-6,8-11,20,25-26H,4,7,12H2,1H3/b5-2+. The molecule has 0 spiro atoms. The summed E-state index contributed by atoms with van der Waals surface area (Å²) in [7, 11) is -4.16. The number of aliphatic hydroxyl groups is 1. The van der Waals surface area contributed by atoms with Crippen molar-refractivity contribution in [1.29, 1.82) is 0 Å². The van der Waals surface area contributed by atoms with Gasteiger partial charge in [0.25, 0.3) is 0 Å². The Bertz CT molecular complexity index is 1110. The van der Waals surface area contributed by atoms with E-state index < -0.39 is 45.1 Å². The first-order valence-electron chi connectivity index (χ1n) is 9.15. The molecule has 5 nitrogen and oxygen atoms in total. The number of alkyl halides is 3. The molecular weight excluding hydrogens is 419 g/mol. The van der Waals surface area contributed by atoms with Gasteiger partial charge in [-0.15, -0.1) is 0 Å². The second-order valence-corrected chi connectivity index (χ2v) is 8.88. The normalized spacial score (nSPS) is 16.8. The van der Waals surface area contributed by atoms with E-state index in [-0.39, 0.29) is 5.56 Å². The fourth-order valence-corrected chi connectivity index (χ4v) is 4.81. The first-order valence-corrected chi connectivity index (χ1v) is 10.6. The number of halogens is 3. The van der Waals surface area contributed by atoms with Gasteiger partial charge in [0.05, 0.1) is 10.5 Å². The second-order valence-electron chi connectivity index (χ2n) is 7.16. The third-order valence-corrected chi connectivity index (χ3v) is 6.30. The number of carbonyl (C=O) groups is 1. The van der Waals surface area contributed by atoms with Gasteiger partial charge in [0.15, 0.2) is 5.78 Å². The summed E-state index contributed by atoms with van der Waals surface area (Å²) in [5.74, 6) is -0.433. The van der Waals surface area contributed by atoms with E-state index in [0.29, 0.717) is 18.9 Å². The first-order chi connectivity index (χ1) is 14.0. The quantitative estimate of drug-likeness (QED) is 0.675. The molecule has 1 unspecified atom stereocenters. The van der Waals surface area contributed by atoms with Crippen LogP contribution in [0.1, 0.15) is 40.3 Å². The van der Waals surface area contributed by atoms with E-state index in [2.05, 4.69) is 4.72 Å². The lowest BCUT2D eigenvalue weighted by atomic mass is 10.0. The number of aliphatic hydroxyl groups excluding tert-OH is 1.